The lowest BCUT2D eigenvalue weighted by Crippen LogP contribution is -2.14. The van der Waals surface area contributed by atoms with Gasteiger partial charge in [0.2, 0.25) is 0 Å². The lowest BCUT2D eigenvalue weighted by atomic mass is 10.1. The molecule has 0 aliphatic heterocycles. The molecule has 0 saturated heterocycles. The van der Waals surface area contributed by atoms with Crippen LogP contribution >= 0.6 is 0 Å². The van der Waals surface area contributed by atoms with E-state index in [2.05, 4.69) is 6.58 Å². The van der Waals surface area contributed by atoms with E-state index in [-0.39, 0.29) is 5.56 Å². The van der Waals surface area contributed by atoms with E-state index >= 15 is 0 Å². The smallest absolute Gasteiger partial charge is 0.271 e. The summed E-state index contributed by atoms with van der Waals surface area (Å²) < 4.78 is 3.26. The third-order valence-electron chi connectivity index (χ3n) is 2.40. The van der Waals surface area contributed by atoms with Gasteiger partial charge in [-0.05, 0) is 5.56 Å². The summed E-state index contributed by atoms with van der Waals surface area (Å²) in [6.45, 7) is 3.60. The summed E-state index contributed by atoms with van der Waals surface area (Å²) in [4.78, 5) is 11.5. The topological polar surface area (TPSA) is 26.9 Å². The molecule has 0 fully saturated rings. The Balaban J connectivity index is 2.65. The van der Waals surface area contributed by atoms with Gasteiger partial charge in [-0.1, -0.05) is 36.9 Å². The minimum atomic E-state index is -0.0636. The molecule has 0 unspecified atom stereocenters. The maximum Gasteiger partial charge on any atom is 0.271 e. The molecular weight excluding hydrogens is 188 g/mol. The van der Waals surface area contributed by atoms with Gasteiger partial charge in [0.25, 0.3) is 5.56 Å². The van der Waals surface area contributed by atoms with E-state index in [0.717, 1.165) is 11.3 Å². The van der Waals surface area contributed by atoms with Crippen LogP contribution in [0.25, 0.3) is 17.5 Å². The molecule has 0 atom stereocenters. The highest BCUT2D eigenvalue weighted by Crippen LogP contribution is 2.16. The first-order valence-corrected chi connectivity index (χ1v) is 4.70. The van der Waals surface area contributed by atoms with Crippen LogP contribution in [0, 0.1) is 0 Å². The minimum Gasteiger partial charge on any atom is -0.281 e. The maximum atomic E-state index is 11.5. The monoisotopic (exact) mass is 200 g/mol. The average molecular weight is 200 g/mol. The summed E-state index contributed by atoms with van der Waals surface area (Å²) in [6.07, 6.45) is 1.51. The number of rotatable bonds is 2. The van der Waals surface area contributed by atoms with Crippen LogP contribution in [0.5, 0.6) is 0 Å². The van der Waals surface area contributed by atoms with Gasteiger partial charge in [-0.15, -0.1) is 0 Å². The molecule has 0 bridgehead atoms. The molecule has 76 valence electrons. The zero-order valence-electron chi connectivity index (χ0n) is 8.55. The van der Waals surface area contributed by atoms with E-state index in [1.165, 1.54) is 10.9 Å². The zero-order chi connectivity index (χ0) is 10.8. The highest BCUT2D eigenvalue weighted by atomic mass is 16.1. The first kappa shape index (κ1) is 9.52. The van der Waals surface area contributed by atoms with Crippen molar-refractivity contribution < 1.29 is 0 Å². The Bertz CT molecular complexity index is 534. The number of nitrogens with zero attached hydrogens (tertiary/aromatic N) is 2. The van der Waals surface area contributed by atoms with Crippen molar-refractivity contribution in [3.05, 3.63) is 53.3 Å². The van der Waals surface area contributed by atoms with Crippen LogP contribution < -0.4 is 5.56 Å². The third-order valence-corrected chi connectivity index (χ3v) is 2.40. The van der Waals surface area contributed by atoms with Crippen molar-refractivity contribution in [2.75, 3.05) is 0 Å². The van der Waals surface area contributed by atoms with Crippen LogP contribution in [0.2, 0.25) is 0 Å². The van der Waals surface area contributed by atoms with Crippen molar-refractivity contribution in [2.24, 2.45) is 7.05 Å². The molecule has 0 saturated carbocycles. The number of aromatic nitrogens is 2. The Morgan fingerprint density at radius 1 is 1.27 bits per heavy atom. The predicted octanol–water partition coefficient (Wildman–Crippen LogP) is 1.95. The Labute approximate surface area is 87.9 Å². The van der Waals surface area contributed by atoms with Crippen molar-refractivity contribution in [2.45, 2.75) is 0 Å². The van der Waals surface area contributed by atoms with Gasteiger partial charge in [0.15, 0.2) is 0 Å². The molecule has 1 heterocycles. The summed E-state index contributed by atoms with van der Waals surface area (Å²) in [7, 11) is 1.84. The van der Waals surface area contributed by atoms with E-state index in [0.29, 0.717) is 0 Å². The average Bonchev–Trinajstić information content (AvgIpc) is 2.55. The molecule has 2 rings (SSSR count). The first-order chi connectivity index (χ1) is 7.24. The van der Waals surface area contributed by atoms with E-state index in [9.17, 15) is 4.79 Å². The van der Waals surface area contributed by atoms with Gasteiger partial charge < -0.3 is 0 Å². The van der Waals surface area contributed by atoms with Gasteiger partial charge in [0, 0.05) is 19.3 Å². The van der Waals surface area contributed by atoms with Gasteiger partial charge in [0.05, 0.1) is 5.69 Å². The summed E-state index contributed by atoms with van der Waals surface area (Å²) in [5, 5.41) is 0. The van der Waals surface area contributed by atoms with Gasteiger partial charge >= 0.3 is 0 Å². The number of hydrogen-bond donors (Lipinski definition) is 0. The highest BCUT2D eigenvalue weighted by molar-refractivity contribution is 5.59. The van der Waals surface area contributed by atoms with E-state index in [4.69, 9.17) is 0 Å². The lowest BCUT2D eigenvalue weighted by Gasteiger charge is -2.05. The van der Waals surface area contributed by atoms with Crippen LogP contribution in [-0.2, 0) is 7.05 Å². The molecule has 15 heavy (non-hydrogen) atoms. The fourth-order valence-corrected chi connectivity index (χ4v) is 1.63. The quantitative estimate of drug-likeness (QED) is 0.728. The Morgan fingerprint density at radius 3 is 2.47 bits per heavy atom. The Kier molecular flexibility index (Phi) is 2.29. The third kappa shape index (κ3) is 1.52. The predicted molar refractivity (Wildman–Crippen MR) is 61.5 cm³/mol. The second-order valence-corrected chi connectivity index (χ2v) is 3.28. The van der Waals surface area contributed by atoms with Gasteiger partial charge in [-0.2, -0.15) is 0 Å². The van der Waals surface area contributed by atoms with Crippen molar-refractivity contribution in [1.29, 1.82) is 0 Å². The van der Waals surface area contributed by atoms with Crippen molar-refractivity contribution >= 4 is 6.20 Å². The van der Waals surface area contributed by atoms with Crippen molar-refractivity contribution in [1.82, 2.24) is 9.36 Å². The SMILES string of the molecule is C=Cn1c(=O)cc(-c2ccccc2)n1C. The molecule has 0 radical (unpaired) electrons. The fraction of sp³-hybridized carbons (Fsp3) is 0.0833. The first-order valence-electron chi connectivity index (χ1n) is 4.70. The number of hydrogen-bond acceptors (Lipinski definition) is 1. The summed E-state index contributed by atoms with van der Waals surface area (Å²) in [5.74, 6) is 0. The molecule has 0 spiro atoms. The molecule has 3 nitrogen and oxygen atoms in total. The second kappa shape index (κ2) is 3.61. The largest absolute Gasteiger partial charge is 0.281 e. The molecule has 0 N–H and O–H groups in total. The standard InChI is InChI=1S/C12H12N2O/c1-3-14-12(15)9-11(13(14)2)10-7-5-4-6-8-10/h3-9H,1H2,2H3. The second-order valence-electron chi connectivity index (χ2n) is 3.28. The Hall–Kier alpha value is -2.03. The minimum absolute atomic E-state index is 0.0636. The maximum absolute atomic E-state index is 11.5. The van der Waals surface area contributed by atoms with Crippen LogP contribution in [0.3, 0.4) is 0 Å². The fourth-order valence-electron chi connectivity index (χ4n) is 1.63. The Morgan fingerprint density at radius 2 is 1.93 bits per heavy atom. The normalized spacial score (nSPS) is 10.2. The van der Waals surface area contributed by atoms with Gasteiger partial charge in [0.1, 0.15) is 0 Å². The molecule has 3 heteroatoms. The molecular formula is C12H12N2O. The molecule has 0 amide bonds. The summed E-state index contributed by atoms with van der Waals surface area (Å²) in [5.41, 5.74) is 1.85. The molecule has 1 aromatic heterocycles. The van der Waals surface area contributed by atoms with Crippen LogP contribution in [0.1, 0.15) is 0 Å². The molecule has 0 aliphatic carbocycles. The van der Waals surface area contributed by atoms with Crippen LogP contribution in [-0.4, -0.2) is 9.36 Å². The summed E-state index contributed by atoms with van der Waals surface area (Å²) >= 11 is 0. The van der Waals surface area contributed by atoms with Crippen LogP contribution in [0.15, 0.2) is 47.8 Å². The summed E-state index contributed by atoms with van der Waals surface area (Å²) in [6, 6.07) is 11.4. The molecule has 2 aromatic rings. The van der Waals surface area contributed by atoms with Crippen molar-refractivity contribution in [3.63, 3.8) is 0 Å². The molecule has 1 aromatic carbocycles. The van der Waals surface area contributed by atoms with Crippen LogP contribution in [0.4, 0.5) is 0 Å². The van der Waals surface area contributed by atoms with Crippen molar-refractivity contribution in [3.8, 4) is 11.3 Å². The molecule has 0 aliphatic rings. The zero-order valence-corrected chi connectivity index (χ0v) is 8.55. The van der Waals surface area contributed by atoms with Gasteiger partial charge in [-0.25, -0.2) is 4.68 Å². The van der Waals surface area contributed by atoms with E-state index in [1.807, 2.05) is 37.4 Å². The van der Waals surface area contributed by atoms with Gasteiger partial charge in [-0.3, -0.25) is 9.48 Å². The highest BCUT2D eigenvalue weighted by Gasteiger charge is 2.06. The van der Waals surface area contributed by atoms with E-state index < -0.39 is 0 Å². The lowest BCUT2D eigenvalue weighted by molar-refractivity contribution is 0.680. The number of benzene rings is 1. The van der Waals surface area contributed by atoms with E-state index in [1.54, 1.807) is 10.7 Å².